The molecule has 5 aromatic rings. The van der Waals surface area contributed by atoms with Gasteiger partial charge >= 0.3 is 0 Å². The summed E-state index contributed by atoms with van der Waals surface area (Å²) in [6, 6.07) is 12.1. The van der Waals surface area contributed by atoms with Crippen LogP contribution in [0.15, 0.2) is 61.4 Å². The minimum Gasteiger partial charge on any atom is -0.368 e. The molecule has 1 unspecified atom stereocenters. The normalized spacial score (nSPS) is 12.1. The van der Waals surface area contributed by atoms with Crippen LogP contribution < -0.4 is 11.1 Å². The lowest BCUT2D eigenvalue weighted by Crippen LogP contribution is -2.11. The number of imidazole rings is 1. The second-order valence-electron chi connectivity index (χ2n) is 7.71. The Labute approximate surface area is 195 Å². The number of anilines is 2. The molecule has 0 saturated carbocycles. The molecule has 0 amide bonds. The van der Waals surface area contributed by atoms with E-state index in [0.29, 0.717) is 16.5 Å². The average molecular weight is 457 g/mol. The zero-order chi connectivity index (χ0) is 22.9. The Morgan fingerprint density at radius 1 is 0.970 bits per heavy atom. The smallest absolute Gasteiger partial charge is 0.219 e. The van der Waals surface area contributed by atoms with Gasteiger partial charge in [-0.1, -0.05) is 41.9 Å². The van der Waals surface area contributed by atoms with E-state index in [9.17, 15) is 0 Å². The van der Waals surface area contributed by atoms with E-state index in [1.165, 1.54) is 6.33 Å². The first-order valence-electron chi connectivity index (χ1n) is 10.4. The van der Waals surface area contributed by atoms with Crippen LogP contribution in [0.3, 0.4) is 0 Å². The Kier molecular flexibility index (Phi) is 5.35. The van der Waals surface area contributed by atoms with Gasteiger partial charge in [-0.3, -0.25) is 0 Å². The number of hydrogen-bond acceptors (Lipinski definition) is 7. The van der Waals surface area contributed by atoms with Crippen LogP contribution >= 0.6 is 11.6 Å². The van der Waals surface area contributed by atoms with Crippen LogP contribution in [0.5, 0.6) is 0 Å². The first-order valence-corrected chi connectivity index (χ1v) is 10.8. The largest absolute Gasteiger partial charge is 0.368 e. The molecule has 33 heavy (non-hydrogen) atoms. The number of nitrogens with two attached hydrogens (primary N) is 1. The predicted octanol–water partition coefficient (Wildman–Crippen LogP) is 5.19. The maximum Gasteiger partial charge on any atom is 0.219 e. The van der Waals surface area contributed by atoms with Crippen molar-refractivity contribution in [3.05, 3.63) is 77.6 Å². The third kappa shape index (κ3) is 3.85. The highest BCUT2D eigenvalue weighted by atomic mass is 35.5. The van der Waals surface area contributed by atoms with Crippen molar-refractivity contribution in [2.24, 2.45) is 0 Å². The molecule has 0 spiro atoms. The Bertz CT molecular complexity index is 1430. The fourth-order valence-electron chi connectivity index (χ4n) is 4.01. The fraction of sp³-hybridized carbons (Fsp3) is 0.125. The maximum absolute atomic E-state index is 6.75. The summed E-state index contributed by atoms with van der Waals surface area (Å²) >= 11 is 6.75. The van der Waals surface area contributed by atoms with Gasteiger partial charge in [-0.05, 0) is 47.7 Å². The molecule has 0 aliphatic heterocycles. The van der Waals surface area contributed by atoms with Crippen molar-refractivity contribution in [3.63, 3.8) is 0 Å². The summed E-state index contributed by atoms with van der Waals surface area (Å²) in [7, 11) is 0. The number of fused-ring (bicyclic) bond motifs is 1. The second-order valence-corrected chi connectivity index (χ2v) is 8.12. The highest BCUT2D eigenvalue weighted by Crippen LogP contribution is 2.43. The number of halogens is 1. The number of nitrogen functional groups attached to an aromatic ring is 1. The zero-order valence-corrected chi connectivity index (χ0v) is 18.8. The lowest BCUT2D eigenvalue weighted by Gasteiger charge is -2.24. The van der Waals surface area contributed by atoms with E-state index in [1.807, 2.05) is 31.2 Å². The van der Waals surface area contributed by atoms with E-state index in [2.05, 4.69) is 54.3 Å². The van der Waals surface area contributed by atoms with E-state index in [1.54, 1.807) is 18.7 Å². The number of rotatable bonds is 5. The molecule has 0 aliphatic rings. The molecule has 0 bridgehead atoms. The molecule has 4 N–H and O–H groups in total. The van der Waals surface area contributed by atoms with Gasteiger partial charge in [0.15, 0.2) is 11.5 Å². The monoisotopic (exact) mass is 456 g/mol. The van der Waals surface area contributed by atoms with E-state index in [0.717, 1.165) is 38.9 Å². The molecule has 0 fully saturated rings. The van der Waals surface area contributed by atoms with Gasteiger partial charge in [-0.25, -0.2) is 24.9 Å². The van der Waals surface area contributed by atoms with Crippen LogP contribution in [-0.4, -0.2) is 29.9 Å². The topological polar surface area (TPSA) is 118 Å². The molecule has 0 radical (unpaired) electrons. The van der Waals surface area contributed by atoms with E-state index in [-0.39, 0.29) is 12.0 Å². The Hall–Kier alpha value is -4.04. The number of nitrogens with one attached hydrogen (secondary N) is 2. The molecule has 0 aliphatic carbocycles. The van der Waals surface area contributed by atoms with Gasteiger partial charge in [0, 0.05) is 23.0 Å². The van der Waals surface area contributed by atoms with Gasteiger partial charge in [0.1, 0.15) is 11.8 Å². The summed E-state index contributed by atoms with van der Waals surface area (Å²) in [4.78, 5) is 24.4. The molecular formula is C24H21ClN8. The van der Waals surface area contributed by atoms with Crippen molar-refractivity contribution in [2.75, 3.05) is 11.1 Å². The number of H-pyrrole nitrogens is 1. The van der Waals surface area contributed by atoms with Gasteiger partial charge in [0.2, 0.25) is 5.95 Å². The van der Waals surface area contributed by atoms with E-state index in [4.69, 9.17) is 17.3 Å². The first-order chi connectivity index (χ1) is 16.0. The molecule has 5 rings (SSSR count). The third-order valence-corrected chi connectivity index (χ3v) is 6.01. The summed E-state index contributed by atoms with van der Waals surface area (Å²) in [5.41, 5.74) is 13.0. The molecule has 0 saturated heterocycles. The van der Waals surface area contributed by atoms with E-state index >= 15 is 0 Å². The number of aromatic nitrogens is 6. The Morgan fingerprint density at radius 3 is 2.48 bits per heavy atom. The van der Waals surface area contributed by atoms with Crippen molar-refractivity contribution in [1.82, 2.24) is 29.9 Å². The summed E-state index contributed by atoms with van der Waals surface area (Å²) in [5, 5.41) is 4.15. The van der Waals surface area contributed by atoms with Crippen molar-refractivity contribution in [3.8, 4) is 22.3 Å². The number of aromatic amines is 1. The molecule has 3 heterocycles. The standard InChI is InChI=1S/C24H21ClN8/c1-13-18(25)8-17(14(2)33-23-21-22(30-11-29-21)31-12-32-23)20(15-6-4-3-5-7-15)19(13)16-9-27-24(26)28-10-16/h3-12,14H,1-2H3,(H2,26,27,28)(H2,29,30,31,32,33). The first kappa shape index (κ1) is 20.8. The van der Waals surface area contributed by atoms with Gasteiger partial charge in [0.25, 0.3) is 0 Å². The lowest BCUT2D eigenvalue weighted by molar-refractivity contribution is 0.877. The Morgan fingerprint density at radius 2 is 1.73 bits per heavy atom. The van der Waals surface area contributed by atoms with Gasteiger partial charge in [0.05, 0.1) is 12.4 Å². The quantitative estimate of drug-likeness (QED) is 0.332. The number of benzene rings is 2. The molecule has 8 nitrogen and oxygen atoms in total. The minimum absolute atomic E-state index is 0.145. The average Bonchev–Trinajstić information content (AvgIpc) is 3.32. The molecular weight excluding hydrogens is 436 g/mol. The minimum atomic E-state index is -0.145. The van der Waals surface area contributed by atoms with Crippen molar-refractivity contribution in [2.45, 2.75) is 19.9 Å². The number of nitrogens with zero attached hydrogens (tertiary/aromatic N) is 5. The summed E-state index contributed by atoms with van der Waals surface area (Å²) in [6.45, 7) is 4.07. The summed E-state index contributed by atoms with van der Waals surface area (Å²) in [5.74, 6) is 0.889. The van der Waals surface area contributed by atoms with Crippen LogP contribution in [0.1, 0.15) is 24.1 Å². The Balaban J connectivity index is 1.71. The van der Waals surface area contributed by atoms with E-state index < -0.39 is 0 Å². The molecule has 164 valence electrons. The van der Waals surface area contributed by atoms with Crippen LogP contribution in [0, 0.1) is 6.92 Å². The van der Waals surface area contributed by atoms with Crippen LogP contribution in [0.25, 0.3) is 33.4 Å². The lowest BCUT2D eigenvalue weighted by atomic mass is 9.86. The fourth-order valence-corrected chi connectivity index (χ4v) is 4.22. The summed E-state index contributed by atoms with van der Waals surface area (Å²) < 4.78 is 0. The zero-order valence-electron chi connectivity index (χ0n) is 18.0. The maximum atomic E-state index is 6.75. The molecule has 2 aromatic carbocycles. The number of hydrogen-bond donors (Lipinski definition) is 3. The van der Waals surface area contributed by atoms with Crippen LogP contribution in [-0.2, 0) is 0 Å². The van der Waals surface area contributed by atoms with Crippen LogP contribution in [0.2, 0.25) is 5.02 Å². The molecule has 1 atom stereocenters. The molecule has 9 heteroatoms. The molecule has 3 aromatic heterocycles. The van der Waals surface area contributed by atoms with Gasteiger partial charge in [-0.15, -0.1) is 0 Å². The third-order valence-electron chi connectivity index (χ3n) is 5.62. The van der Waals surface area contributed by atoms with Gasteiger partial charge < -0.3 is 16.0 Å². The van der Waals surface area contributed by atoms with Crippen molar-refractivity contribution >= 4 is 34.5 Å². The highest BCUT2D eigenvalue weighted by Gasteiger charge is 2.22. The predicted molar refractivity (Wildman–Crippen MR) is 131 cm³/mol. The van der Waals surface area contributed by atoms with Gasteiger partial charge in [-0.2, -0.15) is 0 Å². The SMILES string of the molecule is Cc1c(Cl)cc(C(C)Nc2ncnc3nc[nH]c23)c(-c2ccccc2)c1-c1cnc(N)nc1. The summed E-state index contributed by atoms with van der Waals surface area (Å²) in [6.07, 6.45) is 6.56. The highest BCUT2D eigenvalue weighted by molar-refractivity contribution is 6.32. The van der Waals surface area contributed by atoms with Crippen molar-refractivity contribution in [1.29, 1.82) is 0 Å². The second kappa shape index (κ2) is 8.48. The van der Waals surface area contributed by atoms with Crippen molar-refractivity contribution < 1.29 is 0 Å². The van der Waals surface area contributed by atoms with Crippen LogP contribution in [0.4, 0.5) is 11.8 Å².